The first-order valence-electron chi connectivity index (χ1n) is 6.17. The van der Waals surface area contributed by atoms with Gasteiger partial charge in [-0.1, -0.05) is 18.2 Å². The number of methoxy groups -OCH3 is 1. The monoisotopic (exact) mass is 289 g/mol. The second-order valence-electron chi connectivity index (χ2n) is 4.05. The van der Waals surface area contributed by atoms with Gasteiger partial charge in [-0.3, -0.25) is 0 Å². The fourth-order valence-electron chi connectivity index (χ4n) is 1.56. The van der Waals surface area contributed by atoms with Gasteiger partial charge in [0, 0.05) is 6.54 Å². The molecule has 0 aromatic heterocycles. The number of rotatable bonds is 7. The molecular formula is C14H18F3NO2. The van der Waals surface area contributed by atoms with E-state index in [0.717, 1.165) is 5.56 Å². The lowest BCUT2D eigenvalue weighted by atomic mass is 10.2. The van der Waals surface area contributed by atoms with E-state index in [9.17, 15) is 13.2 Å². The predicted molar refractivity (Wildman–Crippen MR) is 72.1 cm³/mol. The SMILES string of the molecule is CC=Cc1ccc(OCCNCC(F)(F)F)c(OC)c1. The van der Waals surface area contributed by atoms with Gasteiger partial charge in [0.1, 0.15) is 6.61 Å². The largest absolute Gasteiger partial charge is 0.493 e. The zero-order chi connectivity index (χ0) is 15.0. The molecule has 0 unspecified atom stereocenters. The van der Waals surface area contributed by atoms with Crippen LogP contribution < -0.4 is 14.8 Å². The Hall–Kier alpha value is -1.69. The summed E-state index contributed by atoms with van der Waals surface area (Å²) in [5.74, 6) is 1.06. The van der Waals surface area contributed by atoms with Gasteiger partial charge < -0.3 is 14.8 Å². The summed E-state index contributed by atoms with van der Waals surface area (Å²) >= 11 is 0. The van der Waals surface area contributed by atoms with Gasteiger partial charge in [0.15, 0.2) is 11.5 Å². The molecular weight excluding hydrogens is 271 g/mol. The minimum absolute atomic E-state index is 0.110. The first-order chi connectivity index (χ1) is 9.46. The maximum atomic E-state index is 11.9. The predicted octanol–water partition coefficient (Wildman–Crippen LogP) is 3.26. The molecule has 112 valence electrons. The van der Waals surface area contributed by atoms with Gasteiger partial charge >= 0.3 is 6.18 Å². The van der Waals surface area contributed by atoms with Crippen LogP contribution in [0.25, 0.3) is 6.08 Å². The Kier molecular flexibility index (Phi) is 6.38. The molecule has 20 heavy (non-hydrogen) atoms. The van der Waals surface area contributed by atoms with Crippen LogP contribution in [0.5, 0.6) is 11.5 Å². The molecule has 0 atom stereocenters. The van der Waals surface area contributed by atoms with E-state index < -0.39 is 12.7 Å². The van der Waals surface area contributed by atoms with E-state index in [1.54, 1.807) is 12.1 Å². The smallest absolute Gasteiger partial charge is 0.401 e. The van der Waals surface area contributed by atoms with Crippen molar-refractivity contribution in [3.63, 3.8) is 0 Å². The molecule has 1 rings (SSSR count). The Morgan fingerprint density at radius 2 is 2.00 bits per heavy atom. The number of alkyl halides is 3. The van der Waals surface area contributed by atoms with E-state index >= 15 is 0 Å². The zero-order valence-electron chi connectivity index (χ0n) is 11.5. The molecule has 6 heteroatoms. The second kappa shape index (κ2) is 7.79. The van der Waals surface area contributed by atoms with Crippen molar-refractivity contribution in [3.05, 3.63) is 29.8 Å². The lowest BCUT2D eigenvalue weighted by Gasteiger charge is -2.12. The summed E-state index contributed by atoms with van der Waals surface area (Å²) in [7, 11) is 1.52. The molecule has 0 aliphatic carbocycles. The van der Waals surface area contributed by atoms with Crippen LogP contribution in [-0.2, 0) is 0 Å². The molecule has 0 radical (unpaired) electrons. The van der Waals surface area contributed by atoms with Crippen molar-refractivity contribution in [3.8, 4) is 11.5 Å². The number of halogens is 3. The molecule has 0 heterocycles. The van der Waals surface area contributed by atoms with Crippen molar-refractivity contribution in [1.82, 2.24) is 5.32 Å². The first kappa shape index (κ1) is 16.4. The van der Waals surface area contributed by atoms with Gasteiger partial charge in [0.05, 0.1) is 13.7 Å². The quantitative estimate of drug-likeness (QED) is 0.782. The Morgan fingerprint density at radius 3 is 2.60 bits per heavy atom. The van der Waals surface area contributed by atoms with Gasteiger partial charge in [-0.15, -0.1) is 0 Å². The number of allylic oxidation sites excluding steroid dienone is 1. The summed E-state index contributed by atoms with van der Waals surface area (Å²) in [5, 5.41) is 2.26. The van der Waals surface area contributed by atoms with Crippen molar-refractivity contribution >= 4 is 6.08 Å². The minimum atomic E-state index is -4.20. The highest BCUT2D eigenvalue weighted by molar-refractivity contribution is 5.55. The fourth-order valence-corrected chi connectivity index (χ4v) is 1.56. The number of hydrogen-bond donors (Lipinski definition) is 1. The highest BCUT2D eigenvalue weighted by atomic mass is 19.4. The van der Waals surface area contributed by atoms with Crippen LogP contribution in [0.3, 0.4) is 0 Å². The van der Waals surface area contributed by atoms with Gasteiger partial charge in [0.2, 0.25) is 0 Å². The van der Waals surface area contributed by atoms with Crippen LogP contribution in [0.2, 0.25) is 0 Å². The average Bonchev–Trinajstić information content (AvgIpc) is 2.38. The standard InChI is InChI=1S/C14H18F3NO2/c1-3-4-11-5-6-12(13(9-11)19-2)20-8-7-18-10-14(15,16)17/h3-6,9,18H,7-8,10H2,1-2H3. The minimum Gasteiger partial charge on any atom is -0.493 e. The van der Waals surface area contributed by atoms with Crippen LogP contribution in [0.4, 0.5) is 13.2 Å². The van der Waals surface area contributed by atoms with Gasteiger partial charge in [-0.2, -0.15) is 13.2 Å². The Bertz CT molecular complexity index is 445. The van der Waals surface area contributed by atoms with Crippen molar-refractivity contribution in [2.24, 2.45) is 0 Å². The molecule has 0 aliphatic heterocycles. The van der Waals surface area contributed by atoms with E-state index in [2.05, 4.69) is 5.32 Å². The number of benzene rings is 1. The maximum Gasteiger partial charge on any atom is 0.401 e. The summed E-state index contributed by atoms with van der Waals surface area (Å²) in [6.07, 6.45) is -0.390. The molecule has 0 bridgehead atoms. The van der Waals surface area contributed by atoms with E-state index in [0.29, 0.717) is 11.5 Å². The molecule has 0 spiro atoms. The normalized spacial score (nSPS) is 11.8. The van der Waals surface area contributed by atoms with E-state index in [-0.39, 0.29) is 13.2 Å². The molecule has 1 aromatic rings. The second-order valence-corrected chi connectivity index (χ2v) is 4.05. The molecule has 0 fully saturated rings. The third-order valence-electron chi connectivity index (χ3n) is 2.41. The van der Waals surface area contributed by atoms with Crippen LogP contribution in [0.15, 0.2) is 24.3 Å². The van der Waals surface area contributed by atoms with Gasteiger partial charge in [-0.25, -0.2) is 0 Å². The van der Waals surface area contributed by atoms with E-state index in [4.69, 9.17) is 9.47 Å². The summed E-state index contributed by atoms with van der Waals surface area (Å²) in [6.45, 7) is 1.13. The molecule has 0 aliphatic rings. The summed E-state index contributed by atoms with van der Waals surface area (Å²) < 4.78 is 46.3. The maximum absolute atomic E-state index is 11.9. The van der Waals surface area contributed by atoms with Crippen LogP contribution in [0, 0.1) is 0 Å². The van der Waals surface area contributed by atoms with Crippen molar-refractivity contribution in [2.45, 2.75) is 13.1 Å². The van der Waals surface area contributed by atoms with E-state index in [1.165, 1.54) is 7.11 Å². The lowest BCUT2D eigenvalue weighted by Crippen LogP contribution is -2.31. The molecule has 0 saturated carbocycles. The topological polar surface area (TPSA) is 30.5 Å². The molecule has 0 amide bonds. The van der Waals surface area contributed by atoms with Crippen LogP contribution in [0.1, 0.15) is 12.5 Å². The number of hydrogen-bond acceptors (Lipinski definition) is 3. The van der Waals surface area contributed by atoms with Crippen molar-refractivity contribution in [1.29, 1.82) is 0 Å². The third-order valence-corrected chi connectivity index (χ3v) is 2.41. The lowest BCUT2D eigenvalue weighted by molar-refractivity contribution is -0.124. The Labute approximate surface area is 116 Å². The third kappa shape index (κ3) is 5.97. The molecule has 1 N–H and O–H groups in total. The summed E-state index contributed by atoms with van der Waals surface area (Å²) in [6, 6.07) is 5.39. The molecule has 0 saturated heterocycles. The molecule has 1 aromatic carbocycles. The van der Waals surface area contributed by atoms with Gasteiger partial charge in [0.25, 0.3) is 0 Å². The average molecular weight is 289 g/mol. The highest BCUT2D eigenvalue weighted by Crippen LogP contribution is 2.28. The Balaban J connectivity index is 2.47. The van der Waals surface area contributed by atoms with Crippen LogP contribution >= 0.6 is 0 Å². The summed E-state index contributed by atoms with van der Waals surface area (Å²) in [5.41, 5.74) is 0.965. The zero-order valence-corrected chi connectivity index (χ0v) is 11.5. The van der Waals surface area contributed by atoms with Crippen molar-refractivity contribution < 1.29 is 22.6 Å². The highest BCUT2D eigenvalue weighted by Gasteiger charge is 2.25. The molecule has 3 nitrogen and oxygen atoms in total. The van der Waals surface area contributed by atoms with Crippen LogP contribution in [-0.4, -0.2) is 33.0 Å². The first-order valence-corrected chi connectivity index (χ1v) is 6.17. The van der Waals surface area contributed by atoms with Gasteiger partial charge in [-0.05, 0) is 24.6 Å². The Morgan fingerprint density at radius 1 is 1.25 bits per heavy atom. The van der Waals surface area contributed by atoms with Crippen molar-refractivity contribution in [2.75, 3.05) is 26.8 Å². The fraction of sp³-hybridized carbons (Fsp3) is 0.429. The van der Waals surface area contributed by atoms with E-state index in [1.807, 2.05) is 25.1 Å². The number of ether oxygens (including phenoxy) is 2. The number of nitrogens with one attached hydrogen (secondary N) is 1. The summed E-state index contributed by atoms with van der Waals surface area (Å²) in [4.78, 5) is 0.